The van der Waals surface area contributed by atoms with Crippen molar-refractivity contribution in [3.63, 3.8) is 0 Å². The molecule has 1 unspecified atom stereocenters. The minimum atomic E-state index is 0.170. The van der Waals surface area contributed by atoms with E-state index in [1.807, 2.05) is 11.8 Å². The molecule has 0 saturated heterocycles. The summed E-state index contributed by atoms with van der Waals surface area (Å²) in [6.07, 6.45) is 13.8. The first-order valence-electron chi connectivity index (χ1n) is 9.33. The van der Waals surface area contributed by atoms with Gasteiger partial charge in [0.25, 0.3) is 0 Å². The molecule has 0 amide bonds. The highest BCUT2D eigenvalue weighted by molar-refractivity contribution is 7.99. The van der Waals surface area contributed by atoms with Crippen molar-refractivity contribution < 1.29 is 10.2 Å². The summed E-state index contributed by atoms with van der Waals surface area (Å²) in [7, 11) is 0. The van der Waals surface area contributed by atoms with Gasteiger partial charge in [0.1, 0.15) is 0 Å². The predicted molar refractivity (Wildman–Crippen MR) is 99.5 cm³/mol. The lowest BCUT2D eigenvalue weighted by Gasteiger charge is -2.27. The maximum atomic E-state index is 9.04. The molecule has 0 aromatic heterocycles. The molecule has 22 heavy (non-hydrogen) atoms. The number of rotatable bonds is 17. The van der Waals surface area contributed by atoms with Gasteiger partial charge in [0.15, 0.2) is 0 Å². The number of thioether (sulfide) groups is 1. The first-order chi connectivity index (χ1) is 10.8. The maximum absolute atomic E-state index is 9.04. The van der Waals surface area contributed by atoms with Gasteiger partial charge in [0.05, 0.1) is 18.6 Å². The SMILES string of the molecule is CCCCCCCCCCCCSC(C)N(CCO)CCO. The number of hydrogen-bond donors (Lipinski definition) is 2. The van der Waals surface area contributed by atoms with E-state index in [1.165, 1.54) is 70.0 Å². The molecule has 0 aliphatic rings. The Morgan fingerprint density at radius 2 is 1.23 bits per heavy atom. The topological polar surface area (TPSA) is 43.7 Å². The van der Waals surface area contributed by atoms with E-state index < -0.39 is 0 Å². The molecule has 0 rings (SSSR count). The molecule has 0 bridgehead atoms. The second kappa shape index (κ2) is 17.6. The molecule has 3 nitrogen and oxygen atoms in total. The molecule has 0 fully saturated rings. The van der Waals surface area contributed by atoms with Crippen molar-refractivity contribution in [2.24, 2.45) is 0 Å². The van der Waals surface area contributed by atoms with Crippen LogP contribution in [-0.4, -0.2) is 52.5 Å². The Hall–Kier alpha value is 0.230. The fourth-order valence-electron chi connectivity index (χ4n) is 2.68. The monoisotopic (exact) mass is 333 g/mol. The van der Waals surface area contributed by atoms with Gasteiger partial charge in [-0.1, -0.05) is 64.7 Å². The summed E-state index contributed by atoms with van der Waals surface area (Å²) in [6.45, 7) is 6.10. The van der Waals surface area contributed by atoms with Gasteiger partial charge >= 0.3 is 0 Å². The average Bonchev–Trinajstić information content (AvgIpc) is 2.52. The van der Waals surface area contributed by atoms with E-state index >= 15 is 0 Å². The summed E-state index contributed by atoms with van der Waals surface area (Å²) in [5, 5.41) is 18.5. The van der Waals surface area contributed by atoms with Gasteiger partial charge in [-0.25, -0.2) is 0 Å². The molecule has 0 spiro atoms. The van der Waals surface area contributed by atoms with Crippen molar-refractivity contribution in [3.05, 3.63) is 0 Å². The maximum Gasteiger partial charge on any atom is 0.0558 e. The highest BCUT2D eigenvalue weighted by atomic mass is 32.2. The fourth-order valence-corrected chi connectivity index (χ4v) is 3.81. The van der Waals surface area contributed by atoms with Crippen LogP contribution in [0.3, 0.4) is 0 Å². The minimum Gasteiger partial charge on any atom is -0.395 e. The number of unbranched alkanes of at least 4 members (excludes halogenated alkanes) is 9. The van der Waals surface area contributed by atoms with Crippen molar-refractivity contribution in [3.8, 4) is 0 Å². The Morgan fingerprint density at radius 3 is 1.68 bits per heavy atom. The third-order valence-electron chi connectivity index (χ3n) is 4.15. The summed E-state index contributed by atoms with van der Waals surface area (Å²) in [4.78, 5) is 2.15. The number of hydrogen-bond acceptors (Lipinski definition) is 4. The zero-order chi connectivity index (χ0) is 16.5. The molecule has 4 heteroatoms. The van der Waals surface area contributed by atoms with Gasteiger partial charge in [-0.3, -0.25) is 4.90 Å². The first-order valence-corrected chi connectivity index (χ1v) is 10.4. The van der Waals surface area contributed by atoms with Crippen molar-refractivity contribution in [1.82, 2.24) is 4.90 Å². The molecule has 1 atom stereocenters. The van der Waals surface area contributed by atoms with Crippen LogP contribution >= 0.6 is 11.8 Å². The van der Waals surface area contributed by atoms with E-state index in [0.29, 0.717) is 18.5 Å². The summed E-state index contributed by atoms with van der Waals surface area (Å²) < 4.78 is 0. The van der Waals surface area contributed by atoms with Crippen LogP contribution in [0.5, 0.6) is 0 Å². The van der Waals surface area contributed by atoms with E-state index in [1.54, 1.807) is 0 Å². The molecule has 0 saturated carbocycles. The minimum absolute atomic E-state index is 0.170. The zero-order valence-electron chi connectivity index (χ0n) is 14.9. The van der Waals surface area contributed by atoms with E-state index in [0.717, 1.165) is 0 Å². The van der Waals surface area contributed by atoms with Crippen LogP contribution in [0.25, 0.3) is 0 Å². The van der Waals surface area contributed by atoms with Crippen LogP contribution < -0.4 is 0 Å². The summed E-state index contributed by atoms with van der Waals surface area (Å²) in [5.41, 5.74) is 0. The Bertz CT molecular complexity index is 211. The Kier molecular flexibility index (Phi) is 17.8. The Labute approximate surface area is 142 Å². The third-order valence-corrected chi connectivity index (χ3v) is 5.45. The van der Waals surface area contributed by atoms with Crippen LogP contribution in [0.1, 0.15) is 78.1 Å². The van der Waals surface area contributed by atoms with E-state index in [9.17, 15) is 0 Å². The van der Waals surface area contributed by atoms with Crippen molar-refractivity contribution in [1.29, 1.82) is 0 Å². The standard InChI is InChI=1S/C18H39NO2S/c1-3-4-5-6-7-8-9-10-11-12-17-22-18(2)19(13-15-20)14-16-21/h18,20-21H,3-17H2,1-2H3. The average molecular weight is 334 g/mol. The van der Waals surface area contributed by atoms with Gasteiger partial charge < -0.3 is 10.2 Å². The van der Waals surface area contributed by atoms with Crippen LogP contribution in [0.2, 0.25) is 0 Å². The molecule has 0 aliphatic heterocycles. The Balaban J connectivity index is 3.37. The first kappa shape index (κ1) is 22.2. The summed E-state index contributed by atoms with van der Waals surface area (Å²) in [5.74, 6) is 1.19. The summed E-state index contributed by atoms with van der Waals surface area (Å²) >= 11 is 1.95. The van der Waals surface area contributed by atoms with Crippen LogP contribution in [0.15, 0.2) is 0 Å². The third kappa shape index (κ3) is 13.9. The van der Waals surface area contributed by atoms with E-state index in [4.69, 9.17) is 10.2 Å². The molecule has 0 aromatic carbocycles. The van der Waals surface area contributed by atoms with Crippen molar-refractivity contribution in [2.45, 2.75) is 83.4 Å². The molecular weight excluding hydrogens is 294 g/mol. The fraction of sp³-hybridized carbons (Fsp3) is 1.00. The predicted octanol–water partition coefficient (Wildman–Crippen LogP) is 4.27. The second-order valence-electron chi connectivity index (χ2n) is 6.14. The van der Waals surface area contributed by atoms with Gasteiger partial charge in [-0.15, -0.1) is 11.8 Å². The van der Waals surface area contributed by atoms with Gasteiger partial charge in [0, 0.05) is 13.1 Å². The summed E-state index contributed by atoms with van der Waals surface area (Å²) in [6, 6.07) is 0. The highest BCUT2D eigenvalue weighted by Crippen LogP contribution is 2.18. The van der Waals surface area contributed by atoms with Crippen molar-refractivity contribution >= 4 is 11.8 Å². The largest absolute Gasteiger partial charge is 0.395 e. The lowest BCUT2D eigenvalue weighted by atomic mass is 10.1. The van der Waals surface area contributed by atoms with Crippen LogP contribution in [-0.2, 0) is 0 Å². The smallest absolute Gasteiger partial charge is 0.0558 e. The number of aliphatic hydroxyl groups excluding tert-OH is 2. The normalized spacial score (nSPS) is 13.0. The van der Waals surface area contributed by atoms with Gasteiger partial charge in [0.2, 0.25) is 0 Å². The highest BCUT2D eigenvalue weighted by Gasteiger charge is 2.12. The number of aliphatic hydroxyl groups is 2. The quantitative estimate of drug-likeness (QED) is 0.308. The molecule has 0 radical (unpaired) electrons. The molecule has 0 aliphatic carbocycles. The molecule has 0 aromatic rings. The second-order valence-corrected chi connectivity index (χ2v) is 7.56. The van der Waals surface area contributed by atoms with E-state index in [-0.39, 0.29) is 13.2 Å². The molecular formula is C18H39NO2S. The number of nitrogens with zero attached hydrogens (tertiary/aromatic N) is 1. The van der Waals surface area contributed by atoms with Crippen molar-refractivity contribution in [2.75, 3.05) is 32.1 Å². The van der Waals surface area contributed by atoms with Gasteiger partial charge in [-0.05, 0) is 19.1 Å². The van der Waals surface area contributed by atoms with Gasteiger partial charge in [-0.2, -0.15) is 0 Å². The van der Waals surface area contributed by atoms with E-state index in [2.05, 4.69) is 18.7 Å². The van der Waals surface area contributed by atoms with Crippen LogP contribution in [0, 0.1) is 0 Å². The molecule has 2 N–H and O–H groups in total. The lowest BCUT2D eigenvalue weighted by Crippen LogP contribution is -2.35. The Morgan fingerprint density at radius 1 is 0.773 bits per heavy atom. The zero-order valence-corrected chi connectivity index (χ0v) is 15.8. The van der Waals surface area contributed by atoms with Crippen LogP contribution in [0.4, 0.5) is 0 Å². The molecule has 134 valence electrons. The molecule has 0 heterocycles. The lowest BCUT2D eigenvalue weighted by molar-refractivity contribution is 0.157.